The molecule has 0 bridgehead atoms. The van der Waals surface area contributed by atoms with E-state index in [4.69, 9.17) is 9.47 Å². The number of carbonyl (C=O) groups excluding carboxylic acids is 2. The largest absolute Gasteiger partial charge is 0.447 e. The highest BCUT2D eigenvalue weighted by atomic mass is 127. The van der Waals surface area contributed by atoms with Gasteiger partial charge in [-0.1, -0.05) is 46.4 Å². The van der Waals surface area contributed by atoms with Crippen LogP contribution in [0.25, 0.3) is 0 Å². The number of hydrogen-bond donors (Lipinski definition) is 0. The van der Waals surface area contributed by atoms with Gasteiger partial charge in [0.1, 0.15) is 11.3 Å². The van der Waals surface area contributed by atoms with Crippen molar-refractivity contribution in [3.63, 3.8) is 0 Å². The van der Waals surface area contributed by atoms with Crippen molar-refractivity contribution < 1.29 is 19.1 Å². The van der Waals surface area contributed by atoms with E-state index in [-0.39, 0.29) is 31.8 Å². The van der Waals surface area contributed by atoms with Crippen LogP contribution in [0.15, 0.2) is 36.4 Å². The number of alkyl halides is 1. The molecule has 1 aliphatic rings. The summed E-state index contributed by atoms with van der Waals surface area (Å²) < 4.78 is 10.8. The van der Waals surface area contributed by atoms with Crippen molar-refractivity contribution in [3.8, 4) is 5.75 Å². The van der Waals surface area contributed by atoms with E-state index in [1.807, 2.05) is 0 Å². The molecule has 0 saturated heterocycles. The molecule has 1 aromatic rings. The number of esters is 2. The Kier molecular flexibility index (Phi) is 6.20. The molecule has 0 amide bonds. The summed E-state index contributed by atoms with van der Waals surface area (Å²) in [6.45, 7) is 14.1. The molecule has 0 aliphatic heterocycles. The first-order valence-electron chi connectivity index (χ1n) is 8.82. The van der Waals surface area contributed by atoms with Crippen molar-refractivity contribution in [2.24, 2.45) is 16.7 Å². The third-order valence-corrected chi connectivity index (χ3v) is 7.80. The Labute approximate surface area is 169 Å². The third kappa shape index (κ3) is 3.82. The Morgan fingerprint density at radius 3 is 2.42 bits per heavy atom. The van der Waals surface area contributed by atoms with Crippen molar-refractivity contribution in [1.29, 1.82) is 0 Å². The van der Waals surface area contributed by atoms with Crippen molar-refractivity contribution in [2.45, 2.75) is 51.6 Å². The highest BCUT2D eigenvalue weighted by molar-refractivity contribution is 14.1. The summed E-state index contributed by atoms with van der Waals surface area (Å²) in [6, 6.07) is 6.63. The molecule has 5 heteroatoms. The second kappa shape index (κ2) is 7.71. The number of hydrogen-bond acceptors (Lipinski definition) is 4. The maximum atomic E-state index is 12.8. The molecule has 1 saturated carbocycles. The summed E-state index contributed by atoms with van der Waals surface area (Å²) in [4.78, 5) is 24.6. The lowest BCUT2D eigenvalue weighted by molar-refractivity contribution is -0.130. The first-order valence-corrected chi connectivity index (χ1v) is 10.1. The third-order valence-electron chi connectivity index (χ3n) is 6.17. The van der Waals surface area contributed by atoms with E-state index in [2.05, 4.69) is 56.9 Å². The van der Waals surface area contributed by atoms with Crippen LogP contribution in [0.3, 0.4) is 0 Å². The van der Waals surface area contributed by atoms with Crippen LogP contribution in [-0.2, 0) is 9.53 Å². The van der Waals surface area contributed by atoms with Gasteiger partial charge in [0.25, 0.3) is 0 Å². The molecule has 4 nitrogen and oxygen atoms in total. The van der Waals surface area contributed by atoms with Crippen LogP contribution in [0.4, 0.5) is 0 Å². The van der Waals surface area contributed by atoms with Crippen LogP contribution in [-0.4, -0.2) is 16.0 Å². The average Bonchev–Trinajstić information content (AvgIpc) is 2.79. The fourth-order valence-electron chi connectivity index (χ4n) is 3.37. The Morgan fingerprint density at radius 2 is 1.88 bits per heavy atom. The van der Waals surface area contributed by atoms with Gasteiger partial charge in [-0.2, -0.15) is 0 Å². The Balaban J connectivity index is 2.20. The van der Waals surface area contributed by atoms with E-state index in [0.29, 0.717) is 5.92 Å². The Hall–Kier alpha value is -1.37. The maximum Gasteiger partial charge on any atom is 0.343 e. The van der Waals surface area contributed by atoms with E-state index < -0.39 is 11.9 Å². The van der Waals surface area contributed by atoms with Crippen LogP contribution in [0.5, 0.6) is 5.75 Å². The topological polar surface area (TPSA) is 52.6 Å². The van der Waals surface area contributed by atoms with Gasteiger partial charge in [-0.05, 0) is 65.8 Å². The number of carbonyl (C=O) groups is 2. The molecule has 1 aromatic carbocycles. The minimum absolute atomic E-state index is 0.0606. The number of halogens is 1. The van der Waals surface area contributed by atoms with E-state index >= 15 is 0 Å². The highest BCUT2D eigenvalue weighted by Crippen LogP contribution is 2.59. The molecule has 0 aromatic heterocycles. The van der Waals surface area contributed by atoms with Gasteiger partial charge in [0.2, 0.25) is 0 Å². The molecule has 2 rings (SSSR count). The molecule has 3 atom stereocenters. The van der Waals surface area contributed by atoms with Gasteiger partial charge in [-0.25, -0.2) is 9.59 Å². The van der Waals surface area contributed by atoms with Crippen LogP contribution in [0.2, 0.25) is 0 Å². The predicted octanol–water partition coefficient (Wildman–Crippen LogP) is 5.55. The van der Waals surface area contributed by atoms with Gasteiger partial charge in [0, 0.05) is 11.0 Å². The molecule has 1 aliphatic carbocycles. The normalized spacial score (nSPS) is 25.4. The molecule has 142 valence electrons. The first-order chi connectivity index (χ1) is 12.0. The number of ether oxygens (including phenoxy) is 2. The summed E-state index contributed by atoms with van der Waals surface area (Å²) >= 11 is 2.22. The van der Waals surface area contributed by atoms with Crippen molar-refractivity contribution in [2.75, 3.05) is 0 Å². The summed E-state index contributed by atoms with van der Waals surface area (Å²) in [5.41, 5.74) is 0.460. The molecular weight excluding hydrogens is 443 g/mol. The van der Waals surface area contributed by atoms with E-state index in [1.54, 1.807) is 31.2 Å². The fourth-order valence-corrected chi connectivity index (χ4v) is 4.71. The quantitative estimate of drug-likeness (QED) is 0.186. The fraction of sp³-hybridized carbons (Fsp3) is 0.524. The van der Waals surface area contributed by atoms with Gasteiger partial charge in [0.05, 0.1) is 0 Å². The van der Waals surface area contributed by atoms with Crippen LogP contribution in [0, 0.1) is 16.7 Å². The molecule has 0 N–H and O–H groups in total. The molecular formula is C21H27IO4. The zero-order chi connectivity index (χ0) is 19.7. The number of benzene rings is 1. The molecule has 0 radical (unpaired) electrons. The summed E-state index contributed by atoms with van der Waals surface area (Å²) in [5, 5.41) is 0. The molecule has 0 spiro atoms. The second-order valence-corrected chi connectivity index (χ2v) is 9.10. The highest BCUT2D eigenvalue weighted by Gasteiger charge is 2.54. The lowest BCUT2D eigenvalue weighted by atomic mass is 9.66. The standard InChI is InChI=1S/C21H27IO4/c1-13(2)17(23)25-16-10-8-7-9-15(16)18(24)26-19(22)21(6)12-11-14(3)20(21,4)5/h7-10,14,19H,1,11-12H2,2-6H3. The summed E-state index contributed by atoms with van der Waals surface area (Å²) in [6.07, 6.45) is 2.13. The summed E-state index contributed by atoms with van der Waals surface area (Å²) in [7, 11) is 0. The number of para-hydroxylation sites is 1. The van der Waals surface area contributed by atoms with Gasteiger partial charge in [-0.15, -0.1) is 0 Å². The van der Waals surface area contributed by atoms with E-state index in [1.165, 1.54) is 0 Å². The first kappa shape index (κ1) is 20.9. The lowest BCUT2D eigenvalue weighted by Gasteiger charge is -2.43. The lowest BCUT2D eigenvalue weighted by Crippen LogP contribution is -2.42. The SMILES string of the molecule is C=C(C)C(=O)Oc1ccccc1C(=O)OC(I)C1(C)CCC(C)C1(C)C. The minimum atomic E-state index is -0.561. The zero-order valence-corrected chi connectivity index (χ0v) is 18.3. The van der Waals surface area contributed by atoms with Crippen LogP contribution in [0.1, 0.15) is 57.8 Å². The monoisotopic (exact) mass is 470 g/mol. The average molecular weight is 470 g/mol. The second-order valence-electron chi connectivity index (χ2n) is 7.97. The molecule has 3 unspecified atom stereocenters. The maximum absolute atomic E-state index is 12.8. The molecule has 0 heterocycles. The van der Waals surface area contributed by atoms with Crippen LogP contribution < -0.4 is 4.74 Å². The molecule has 26 heavy (non-hydrogen) atoms. The zero-order valence-electron chi connectivity index (χ0n) is 16.1. The van der Waals surface area contributed by atoms with Gasteiger partial charge >= 0.3 is 11.9 Å². The van der Waals surface area contributed by atoms with Gasteiger partial charge in [-0.3, -0.25) is 0 Å². The van der Waals surface area contributed by atoms with Gasteiger partial charge in [0.15, 0.2) is 4.11 Å². The van der Waals surface area contributed by atoms with Crippen molar-refractivity contribution in [1.82, 2.24) is 0 Å². The van der Waals surface area contributed by atoms with Gasteiger partial charge < -0.3 is 9.47 Å². The van der Waals surface area contributed by atoms with E-state index in [9.17, 15) is 9.59 Å². The van der Waals surface area contributed by atoms with Crippen LogP contribution >= 0.6 is 22.6 Å². The van der Waals surface area contributed by atoms with Crippen molar-refractivity contribution >= 4 is 34.5 Å². The Bertz CT molecular complexity index is 724. The Morgan fingerprint density at radius 1 is 1.27 bits per heavy atom. The summed E-state index contributed by atoms with van der Waals surface area (Å²) in [5.74, 6) is -0.286. The van der Waals surface area contributed by atoms with Crippen molar-refractivity contribution in [3.05, 3.63) is 42.0 Å². The van der Waals surface area contributed by atoms with E-state index in [0.717, 1.165) is 12.8 Å². The smallest absolute Gasteiger partial charge is 0.343 e. The minimum Gasteiger partial charge on any atom is -0.447 e. The number of rotatable bonds is 5. The molecule has 1 fully saturated rings. The predicted molar refractivity (Wildman–Crippen MR) is 110 cm³/mol.